The molecule has 3 aliphatic rings. The molecule has 0 aromatic carbocycles. The van der Waals surface area contributed by atoms with Gasteiger partial charge in [-0.2, -0.15) is 18.3 Å². The zero-order valence-electron chi connectivity index (χ0n) is 24.6. The lowest BCUT2D eigenvalue weighted by atomic mass is 9.97. The number of rotatable bonds is 5. The molecular weight excluding hydrogens is 552 g/mol. The molecule has 8 nitrogen and oxygen atoms in total. The van der Waals surface area contributed by atoms with E-state index in [4.69, 9.17) is 15.6 Å². The molecule has 2 saturated carbocycles. The van der Waals surface area contributed by atoms with Crippen LogP contribution in [-0.4, -0.2) is 49.4 Å². The van der Waals surface area contributed by atoms with Gasteiger partial charge in [-0.3, -0.25) is 4.68 Å². The van der Waals surface area contributed by atoms with Gasteiger partial charge in [0.1, 0.15) is 22.6 Å². The fraction of sp³-hybridized carbons (Fsp3) is 0.600. The molecule has 12 heteroatoms. The largest absolute Gasteiger partial charge is 0.444 e. The first-order valence-electron chi connectivity index (χ1n) is 14.5. The molecule has 4 heterocycles. The Labute approximate surface area is 241 Å². The van der Waals surface area contributed by atoms with Gasteiger partial charge < -0.3 is 15.4 Å². The lowest BCUT2D eigenvalue weighted by Gasteiger charge is -2.25. The summed E-state index contributed by atoms with van der Waals surface area (Å²) >= 11 is 0. The van der Waals surface area contributed by atoms with Crippen LogP contribution >= 0.6 is 0 Å². The van der Waals surface area contributed by atoms with E-state index in [9.17, 15) is 18.0 Å². The highest BCUT2D eigenvalue weighted by Crippen LogP contribution is 2.60. The number of hydrogen-bond acceptors (Lipinski definition) is 6. The van der Waals surface area contributed by atoms with Gasteiger partial charge in [0.2, 0.25) is 0 Å². The van der Waals surface area contributed by atoms with E-state index in [2.05, 4.69) is 9.97 Å². The molecule has 226 valence electrons. The summed E-state index contributed by atoms with van der Waals surface area (Å²) in [6, 6.07) is 1.03. The van der Waals surface area contributed by atoms with Gasteiger partial charge in [-0.25, -0.2) is 19.2 Å². The Morgan fingerprint density at radius 2 is 1.79 bits per heavy atom. The fourth-order valence-electron chi connectivity index (χ4n) is 6.48. The summed E-state index contributed by atoms with van der Waals surface area (Å²) in [6.45, 7) is 11.7. The molecule has 1 aliphatic heterocycles. The number of piperidine rings is 1. The standard InChI is InChI=1S/C30H36F4N6O2/c1-13(2)9-19-22-26(21-17-11-39(12-18(17)21)28(41)42-29(4,5)6)38-40(15-7-8-15)27(22)24(31)25(37-19)16-10-20(35)36-14(3)23(16)30(32,33)34/h10,13,15,17-18,21H,7-9,11-12H2,1-6H3,(H2,35,36). The Morgan fingerprint density at radius 1 is 1.14 bits per heavy atom. The van der Waals surface area contributed by atoms with Gasteiger partial charge in [-0.15, -0.1) is 0 Å². The number of carbonyl (C=O) groups excluding carboxylic acids is 1. The van der Waals surface area contributed by atoms with Crippen molar-refractivity contribution >= 4 is 22.8 Å². The van der Waals surface area contributed by atoms with E-state index >= 15 is 4.39 Å². The van der Waals surface area contributed by atoms with Crippen molar-refractivity contribution in [3.8, 4) is 11.3 Å². The molecular formula is C30H36F4N6O2. The molecule has 3 fully saturated rings. The molecule has 1 amide bonds. The summed E-state index contributed by atoms with van der Waals surface area (Å²) in [7, 11) is 0. The summed E-state index contributed by atoms with van der Waals surface area (Å²) in [6.07, 6.45) is -3.08. The van der Waals surface area contributed by atoms with E-state index in [1.807, 2.05) is 34.6 Å². The molecule has 0 radical (unpaired) electrons. The minimum Gasteiger partial charge on any atom is -0.444 e. The van der Waals surface area contributed by atoms with Crippen molar-refractivity contribution < 1.29 is 27.1 Å². The lowest BCUT2D eigenvalue weighted by molar-refractivity contribution is -0.137. The van der Waals surface area contributed by atoms with Gasteiger partial charge in [-0.1, -0.05) is 13.8 Å². The number of nitrogen functional groups attached to an aromatic ring is 1. The Bertz CT molecular complexity index is 1580. The van der Waals surface area contributed by atoms with Crippen molar-refractivity contribution in [1.29, 1.82) is 0 Å². The summed E-state index contributed by atoms with van der Waals surface area (Å²) < 4.78 is 66.6. The van der Waals surface area contributed by atoms with Gasteiger partial charge in [-0.05, 0) is 70.8 Å². The second-order valence-electron chi connectivity index (χ2n) is 13.4. The maximum atomic E-state index is 16.6. The van der Waals surface area contributed by atoms with E-state index in [-0.39, 0.29) is 58.5 Å². The van der Waals surface area contributed by atoms with Crippen molar-refractivity contribution in [3.05, 3.63) is 34.5 Å². The quantitative estimate of drug-likeness (QED) is 0.335. The Hall–Kier alpha value is -3.44. The topological polar surface area (TPSA) is 99.2 Å². The summed E-state index contributed by atoms with van der Waals surface area (Å²) in [5.74, 6) is -0.564. The summed E-state index contributed by atoms with van der Waals surface area (Å²) in [4.78, 5) is 22.8. The minimum atomic E-state index is -4.78. The highest BCUT2D eigenvalue weighted by Gasteiger charge is 2.59. The van der Waals surface area contributed by atoms with Crippen molar-refractivity contribution in [2.45, 2.75) is 84.5 Å². The lowest BCUT2D eigenvalue weighted by Crippen LogP contribution is -2.36. The Balaban J connectivity index is 1.48. The molecule has 3 aromatic heterocycles. The number of alkyl halides is 3. The number of fused-ring (bicyclic) bond motifs is 2. The number of nitrogens with zero attached hydrogens (tertiary/aromatic N) is 5. The molecule has 6 rings (SSSR count). The number of aromatic nitrogens is 4. The molecule has 0 bridgehead atoms. The minimum absolute atomic E-state index is 0.00805. The Morgan fingerprint density at radius 3 is 2.33 bits per heavy atom. The molecule has 1 saturated heterocycles. The van der Waals surface area contributed by atoms with Gasteiger partial charge >= 0.3 is 12.3 Å². The van der Waals surface area contributed by atoms with Gasteiger partial charge in [0.25, 0.3) is 0 Å². The number of anilines is 1. The van der Waals surface area contributed by atoms with Crippen LogP contribution in [0.4, 0.5) is 28.2 Å². The van der Waals surface area contributed by atoms with Gasteiger partial charge in [0, 0.05) is 30.0 Å². The van der Waals surface area contributed by atoms with Crippen LogP contribution in [0.3, 0.4) is 0 Å². The maximum Gasteiger partial charge on any atom is 0.418 e. The van der Waals surface area contributed by atoms with Crippen LogP contribution in [0.25, 0.3) is 22.2 Å². The van der Waals surface area contributed by atoms with Gasteiger partial charge in [0.05, 0.1) is 28.7 Å². The number of pyridine rings is 2. The second-order valence-corrected chi connectivity index (χ2v) is 13.4. The van der Waals surface area contributed by atoms with Crippen LogP contribution in [0.2, 0.25) is 0 Å². The molecule has 2 unspecified atom stereocenters. The van der Waals surface area contributed by atoms with Crippen LogP contribution in [0, 0.1) is 30.5 Å². The average molecular weight is 589 g/mol. The molecule has 2 atom stereocenters. The third-order valence-corrected chi connectivity index (χ3v) is 8.30. The van der Waals surface area contributed by atoms with E-state index in [1.54, 1.807) is 9.58 Å². The number of carbonyl (C=O) groups is 1. The van der Waals surface area contributed by atoms with Crippen molar-refractivity contribution in [2.24, 2.45) is 17.8 Å². The third kappa shape index (κ3) is 4.96. The first-order chi connectivity index (χ1) is 19.5. The number of amides is 1. The van der Waals surface area contributed by atoms with Crippen molar-refractivity contribution in [1.82, 2.24) is 24.6 Å². The molecule has 42 heavy (non-hydrogen) atoms. The predicted octanol–water partition coefficient (Wildman–Crippen LogP) is 6.66. The number of hydrogen-bond donors (Lipinski definition) is 1. The van der Waals surface area contributed by atoms with E-state index in [1.165, 1.54) is 6.92 Å². The maximum absolute atomic E-state index is 16.6. The first kappa shape index (κ1) is 28.7. The molecule has 2 aliphatic carbocycles. The van der Waals surface area contributed by atoms with Crippen molar-refractivity contribution in [3.63, 3.8) is 0 Å². The predicted molar refractivity (Wildman–Crippen MR) is 149 cm³/mol. The highest BCUT2D eigenvalue weighted by molar-refractivity contribution is 5.90. The molecule has 2 N–H and O–H groups in total. The zero-order valence-corrected chi connectivity index (χ0v) is 24.6. The van der Waals surface area contributed by atoms with E-state index in [0.717, 1.165) is 24.6 Å². The number of likely N-dealkylation sites (tertiary alicyclic amines) is 1. The third-order valence-electron chi connectivity index (χ3n) is 8.30. The summed E-state index contributed by atoms with van der Waals surface area (Å²) in [5.41, 5.74) is 4.53. The monoisotopic (exact) mass is 588 g/mol. The number of nitrogens with two attached hydrogens (primary N) is 1. The average Bonchev–Trinajstić information content (AvgIpc) is 3.72. The first-order valence-corrected chi connectivity index (χ1v) is 14.5. The van der Waals surface area contributed by atoms with Crippen LogP contribution in [0.5, 0.6) is 0 Å². The van der Waals surface area contributed by atoms with E-state index < -0.39 is 28.7 Å². The summed E-state index contributed by atoms with van der Waals surface area (Å²) in [5, 5.41) is 5.53. The SMILES string of the molecule is Cc1nc(N)cc(-c2nc(CC(C)C)c3c(C4C5CN(C(=O)OC(C)(C)C)CC54)nn(C4CC4)c3c2F)c1C(F)(F)F. The van der Waals surface area contributed by atoms with Crippen LogP contribution in [0.15, 0.2) is 6.07 Å². The van der Waals surface area contributed by atoms with Crippen LogP contribution in [-0.2, 0) is 17.3 Å². The highest BCUT2D eigenvalue weighted by atomic mass is 19.4. The van der Waals surface area contributed by atoms with Crippen molar-refractivity contribution in [2.75, 3.05) is 18.8 Å². The number of halogens is 4. The molecule has 3 aromatic rings. The van der Waals surface area contributed by atoms with Crippen LogP contribution < -0.4 is 5.73 Å². The molecule has 0 spiro atoms. The van der Waals surface area contributed by atoms with Crippen LogP contribution in [0.1, 0.15) is 82.1 Å². The second kappa shape index (κ2) is 9.54. The Kier molecular flexibility index (Phi) is 6.51. The zero-order chi connectivity index (χ0) is 30.5. The van der Waals surface area contributed by atoms with Gasteiger partial charge in [0.15, 0.2) is 5.82 Å². The van der Waals surface area contributed by atoms with E-state index in [0.29, 0.717) is 30.6 Å². The number of aryl methyl sites for hydroxylation is 1. The smallest absolute Gasteiger partial charge is 0.418 e. The normalized spacial score (nSPS) is 22.3. The fourth-order valence-corrected chi connectivity index (χ4v) is 6.48. The number of ether oxygens (including phenoxy) is 1.